The molecule has 1 saturated heterocycles. The van der Waals surface area contributed by atoms with E-state index in [1.807, 2.05) is 30.3 Å². The predicted octanol–water partition coefficient (Wildman–Crippen LogP) is 5.26. The second-order valence-electron chi connectivity index (χ2n) is 8.04. The van der Waals surface area contributed by atoms with Crippen molar-refractivity contribution in [1.82, 2.24) is 9.88 Å². The van der Waals surface area contributed by atoms with Crippen molar-refractivity contribution in [3.63, 3.8) is 0 Å². The van der Waals surface area contributed by atoms with E-state index in [2.05, 4.69) is 22.0 Å². The molecule has 6 heteroatoms. The summed E-state index contributed by atoms with van der Waals surface area (Å²) in [5.41, 5.74) is 2.24. The highest BCUT2D eigenvalue weighted by Crippen LogP contribution is 2.29. The van der Waals surface area contributed by atoms with E-state index < -0.39 is 0 Å². The fourth-order valence-electron chi connectivity index (χ4n) is 4.38. The lowest BCUT2D eigenvalue weighted by Gasteiger charge is -2.36. The van der Waals surface area contributed by atoms with E-state index in [1.54, 1.807) is 25.6 Å². The van der Waals surface area contributed by atoms with Gasteiger partial charge in [-0.15, -0.1) is 11.3 Å². The van der Waals surface area contributed by atoms with E-state index >= 15 is 0 Å². The zero-order valence-corrected chi connectivity index (χ0v) is 19.1. The Labute approximate surface area is 188 Å². The third-order valence-corrected chi connectivity index (χ3v) is 7.15. The summed E-state index contributed by atoms with van der Waals surface area (Å²) in [6, 6.07) is 14.6. The minimum absolute atomic E-state index is 0.260. The summed E-state index contributed by atoms with van der Waals surface area (Å²) < 4.78 is 12.0. The summed E-state index contributed by atoms with van der Waals surface area (Å²) in [6.07, 6.45) is 6.52. The van der Waals surface area contributed by atoms with E-state index in [0.29, 0.717) is 12.5 Å². The van der Waals surface area contributed by atoms with Crippen LogP contribution in [0.1, 0.15) is 42.7 Å². The SMILES string of the molecule is COc1ccc(CCC2CCCCN2C(=O)CCc2nc3ccccc3s2)cc1OC. The Morgan fingerprint density at radius 1 is 1.10 bits per heavy atom. The maximum atomic E-state index is 13.1. The van der Waals surface area contributed by atoms with Crippen LogP contribution in [-0.4, -0.2) is 42.6 Å². The number of ether oxygens (including phenoxy) is 2. The summed E-state index contributed by atoms with van der Waals surface area (Å²) in [7, 11) is 3.31. The molecular weight excluding hydrogens is 408 g/mol. The van der Waals surface area contributed by atoms with Gasteiger partial charge < -0.3 is 14.4 Å². The fraction of sp³-hybridized carbons (Fsp3) is 0.440. The molecule has 2 heterocycles. The van der Waals surface area contributed by atoms with Gasteiger partial charge >= 0.3 is 0 Å². The first kappa shape index (κ1) is 21.6. The summed E-state index contributed by atoms with van der Waals surface area (Å²) in [4.78, 5) is 19.9. The molecule has 0 aliphatic carbocycles. The minimum atomic E-state index is 0.260. The van der Waals surface area contributed by atoms with Crippen LogP contribution in [0.4, 0.5) is 0 Å². The van der Waals surface area contributed by atoms with Crippen LogP contribution in [0.15, 0.2) is 42.5 Å². The number of methoxy groups -OCH3 is 2. The van der Waals surface area contributed by atoms with Gasteiger partial charge in [-0.1, -0.05) is 18.2 Å². The van der Waals surface area contributed by atoms with E-state index in [1.165, 1.54) is 16.7 Å². The number of benzene rings is 2. The molecular formula is C25H30N2O3S. The number of aryl methyl sites for hydroxylation is 2. The number of hydrogen-bond acceptors (Lipinski definition) is 5. The van der Waals surface area contributed by atoms with E-state index in [0.717, 1.165) is 60.7 Å². The van der Waals surface area contributed by atoms with Gasteiger partial charge in [0, 0.05) is 25.4 Å². The molecule has 1 aliphatic rings. The first-order valence-corrected chi connectivity index (χ1v) is 11.8. The summed E-state index contributed by atoms with van der Waals surface area (Å²) in [5.74, 6) is 1.76. The van der Waals surface area contributed by atoms with E-state index in [4.69, 9.17) is 9.47 Å². The Balaban J connectivity index is 1.35. The van der Waals surface area contributed by atoms with Crippen LogP contribution in [0.3, 0.4) is 0 Å². The molecule has 1 aromatic heterocycles. The van der Waals surface area contributed by atoms with Gasteiger partial charge in [-0.3, -0.25) is 4.79 Å². The summed E-state index contributed by atoms with van der Waals surface area (Å²) in [5, 5.41) is 1.05. The van der Waals surface area contributed by atoms with Crippen LogP contribution in [0, 0.1) is 0 Å². The number of para-hydroxylation sites is 1. The quantitative estimate of drug-likeness (QED) is 0.481. The Hall–Kier alpha value is -2.60. The topological polar surface area (TPSA) is 51.7 Å². The van der Waals surface area contributed by atoms with Crippen molar-refractivity contribution in [2.45, 2.75) is 51.0 Å². The Morgan fingerprint density at radius 2 is 1.94 bits per heavy atom. The fourth-order valence-corrected chi connectivity index (χ4v) is 5.35. The predicted molar refractivity (Wildman–Crippen MR) is 125 cm³/mol. The summed E-state index contributed by atoms with van der Waals surface area (Å²) in [6.45, 7) is 0.870. The number of piperidine rings is 1. The maximum Gasteiger partial charge on any atom is 0.223 e. The van der Waals surface area contributed by atoms with Crippen molar-refractivity contribution >= 4 is 27.5 Å². The zero-order valence-electron chi connectivity index (χ0n) is 18.3. The molecule has 1 aliphatic heterocycles. The Kier molecular flexibility index (Phi) is 7.07. The Morgan fingerprint density at radius 3 is 2.74 bits per heavy atom. The number of carbonyl (C=O) groups is 1. The van der Waals surface area contributed by atoms with Crippen molar-refractivity contribution in [2.24, 2.45) is 0 Å². The van der Waals surface area contributed by atoms with Gasteiger partial charge in [0.05, 0.1) is 29.4 Å². The third-order valence-electron chi connectivity index (χ3n) is 6.05. The highest BCUT2D eigenvalue weighted by atomic mass is 32.1. The number of aromatic nitrogens is 1. The number of nitrogens with zero attached hydrogens (tertiary/aromatic N) is 2. The van der Waals surface area contributed by atoms with Crippen molar-refractivity contribution in [2.75, 3.05) is 20.8 Å². The van der Waals surface area contributed by atoms with Gasteiger partial charge in [0.1, 0.15) is 0 Å². The second kappa shape index (κ2) is 10.1. The lowest BCUT2D eigenvalue weighted by atomic mass is 9.95. The van der Waals surface area contributed by atoms with E-state index in [9.17, 15) is 4.79 Å². The highest BCUT2D eigenvalue weighted by molar-refractivity contribution is 7.18. The smallest absolute Gasteiger partial charge is 0.223 e. The van der Waals surface area contributed by atoms with Crippen molar-refractivity contribution in [3.8, 4) is 11.5 Å². The molecule has 1 atom stereocenters. The monoisotopic (exact) mass is 438 g/mol. The van der Waals surface area contributed by atoms with E-state index in [-0.39, 0.29) is 5.91 Å². The van der Waals surface area contributed by atoms with Gasteiger partial charge in [-0.05, 0) is 61.9 Å². The number of carbonyl (C=O) groups excluding carboxylic acids is 1. The van der Waals surface area contributed by atoms with Crippen LogP contribution < -0.4 is 9.47 Å². The van der Waals surface area contributed by atoms with Crippen LogP contribution >= 0.6 is 11.3 Å². The van der Waals surface area contributed by atoms with Crippen LogP contribution in [-0.2, 0) is 17.6 Å². The van der Waals surface area contributed by atoms with Gasteiger partial charge in [-0.2, -0.15) is 0 Å². The van der Waals surface area contributed by atoms with Crippen molar-refractivity contribution < 1.29 is 14.3 Å². The van der Waals surface area contributed by atoms with Crippen LogP contribution in [0.2, 0.25) is 0 Å². The minimum Gasteiger partial charge on any atom is -0.493 e. The maximum absolute atomic E-state index is 13.1. The molecule has 0 spiro atoms. The molecule has 0 bridgehead atoms. The number of thiazole rings is 1. The number of amides is 1. The normalized spacial score (nSPS) is 16.5. The first-order chi connectivity index (χ1) is 15.2. The standard InChI is InChI=1S/C25H30N2O3S/c1-29-21-13-11-18(17-22(21)30-2)10-12-19-7-5-6-16-27(19)25(28)15-14-24-26-20-8-3-4-9-23(20)31-24/h3-4,8-9,11,13,17,19H,5-7,10,12,14-16H2,1-2H3. The third kappa shape index (κ3) is 5.18. The van der Waals surface area contributed by atoms with Crippen LogP contribution in [0.5, 0.6) is 11.5 Å². The molecule has 5 nitrogen and oxygen atoms in total. The number of fused-ring (bicyclic) bond motifs is 1. The largest absolute Gasteiger partial charge is 0.493 e. The van der Waals surface area contributed by atoms with Crippen LogP contribution in [0.25, 0.3) is 10.2 Å². The second-order valence-corrected chi connectivity index (χ2v) is 9.16. The lowest BCUT2D eigenvalue weighted by molar-refractivity contribution is -0.135. The Bertz CT molecular complexity index is 1000. The molecule has 0 N–H and O–H groups in total. The zero-order chi connectivity index (χ0) is 21.6. The average molecular weight is 439 g/mol. The molecule has 3 aromatic rings. The number of rotatable bonds is 8. The van der Waals surface area contributed by atoms with Gasteiger partial charge in [0.2, 0.25) is 5.91 Å². The molecule has 2 aromatic carbocycles. The molecule has 31 heavy (non-hydrogen) atoms. The highest BCUT2D eigenvalue weighted by Gasteiger charge is 2.26. The van der Waals surface area contributed by atoms with Gasteiger partial charge in [0.25, 0.3) is 0 Å². The van der Waals surface area contributed by atoms with Gasteiger partial charge in [0.15, 0.2) is 11.5 Å². The molecule has 0 saturated carbocycles. The molecule has 164 valence electrons. The number of hydrogen-bond donors (Lipinski definition) is 0. The molecule has 4 rings (SSSR count). The van der Waals surface area contributed by atoms with Gasteiger partial charge in [-0.25, -0.2) is 4.98 Å². The number of likely N-dealkylation sites (tertiary alicyclic amines) is 1. The molecule has 0 radical (unpaired) electrons. The first-order valence-electron chi connectivity index (χ1n) is 11.0. The summed E-state index contributed by atoms with van der Waals surface area (Å²) >= 11 is 1.70. The molecule has 1 amide bonds. The molecule has 1 fully saturated rings. The molecule has 1 unspecified atom stereocenters. The van der Waals surface area contributed by atoms with Crippen molar-refractivity contribution in [1.29, 1.82) is 0 Å². The lowest BCUT2D eigenvalue weighted by Crippen LogP contribution is -2.44. The average Bonchev–Trinajstić information content (AvgIpc) is 3.24. The van der Waals surface area contributed by atoms with Crippen molar-refractivity contribution in [3.05, 3.63) is 53.0 Å².